The number of ether oxygens (including phenoxy) is 1. The maximum Gasteiger partial charge on any atom is 0.230 e. The minimum Gasteiger partial charge on any atom is -0.485 e. The molecule has 0 spiro atoms. The molecular weight excluding hydrogens is 384 g/mol. The summed E-state index contributed by atoms with van der Waals surface area (Å²) >= 11 is 1.44. The van der Waals surface area contributed by atoms with E-state index < -0.39 is 0 Å². The number of carbonyl (C=O) groups is 1. The van der Waals surface area contributed by atoms with Crippen LogP contribution in [0.1, 0.15) is 56.5 Å². The molecule has 1 saturated carbocycles. The van der Waals surface area contributed by atoms with Crippen LogP contribution in [0.25, 0.3) is 0 Å². The average Bonchev–Trinajstić information content (AvgIpc) is 3.09. The lowest BCUT2D eigenvalue weighted by atomic mass is 9.86. The van der Waals surface area contributed by atoms with Crippen molar-refractivity contribution in [3.8, 4) is 5.75 Å². The van der Waals surface area contributed by atoms with Crippen molar-refractivity contribution in [2.24, 2.45) is 5.92 Å². The van der Waals surface area contributed by atoms with E-state index in [1.807, 2.05) is 23.6 Å². The molecule has 6 nitrogen and oxygen atoms in total. The largest absolute Gasteiger partial charge is 0.485 e. The first-order valence-corrected chi connectivity index (χ1v) is 11.5. The van der Waals surface area contributed by atoms with Gasteiger partial charge in [0.1, 0.15) is 12.4 Å². The molecule has 1 fully saturated rings. The number of hydrogen-bond donors (Lipinski definition) is 1. The van der Waals surface area contributed by atoms with Gasteiger partial charge in [0.2, 0.25) is 5.91 Å². The minimum absolute atomic E-state index is 0.0764. The molecule has 1 aliphatic rings. The molecule has 158 valence electrons. The predicted molar refractivity (Wildman–Crippen MR) is 116 cm³/mol. The van der Waals surface area contributed by atoms with E-state index in [1.165, 1.54) is 36.6 Å². The molecule has 1 aromatic heterocycles. The lowest BCUT2D eigenvalue weighted by Crippen LogP contribution is -2.41. The summed E-state index contributed by atoms with van der Waals surface area (Å²) in [5.41, 5.74) is 2.32. The topological polar surface area (TPSA) is 69.0 Å². The Morgan fingerprint density at radius 3 is 2.79 bits per heavy atom. The van der Waals surface area contributed by atoms with Crippen LogP contribution in [-0.2, 0) is 17.9 Å². The number of thioether (sulfide) groups is 1. The fourth-order valence-electron chi connectivity index (χ4n) is 3.86. The highest BCUT2D eigenvalue weighted by Gasteiger charge is 2.23. The predicted octanol–water partition coefficient (Wildman–Crippen LogP) is 4.28. The fraction of sp³-hybridized carbons (Fsp3) is 0.591. The third-order valence-corrected chi connectivity index (χ3v) is 6.55. The van der Waals surface area contributed by atoms with E-state index >= 15 is 0 Å². The molecule has 1 aliphatic carbocycles. The van der Waals surface area contributed by atoms with Crippen LogP contribution in [0.3, 0.4) is 0 Å². The van der Waals surface area contributed by atoms with E-state index in [-0.39, 0.29) is 5.91 Å². The lowest BCUT2D eigenvalue weighted by molar-refractivity contribution is -0.119. The van der Waals surface area contributed by atoms with Crippen LogP contribution in [0.2, 0.25) is 0 Å². The maximum atomic E-state index is 12.4. The molecule has 2 unspecified atom stereocenters. The Bertz CT molecular complexity index is 836. The van der Waals surface area contributed by atoms with Crippen LogP contribution >= 0.6 is 11.8 Å². The number of hydrogen-bond acceptors (Lipinski definition) is 5. The molecule has 3 rings (SSSR count). The van der Waals surface area contributed by atoms with Crippen LogP contribution in [-0.4, -0.2) is 32.5 Å². The van der Waals surface area contributed by atoms with Gasteiger partial charge in [0.05, 0.1) is 5.75 Å². The highest BCUT2D eigenvalue weighted by molar-refractivity contribution is 7.99. The molecule has 7 heteroatoms. The molecule has 1 amide bonds. The summed E-state index contributed by atoms with van der Waals surface area (Å²) in [6.45, 7) is 9.49. The molecule has 2 atom stereocenters. The summed E-state index contributed by atoms with van der Waals surface area (Å²) < 4.78 is 7.98. The first-order chi connectivity index (χ1) is 14.0. The van der Waals surface area contributed by atoms with Gasteiger partial charge in [0.25, 0.3) is 0 Å². The molecule has 1 aromatic carbocycles. The Morgan fingerprint density at radius 2 is 2.07 bits per heavy atom. The lowest BCUT2D eigenvalue weighted by Gasteiger charge is -2.29. The molecule has 0 saturated heterocycles. The van der Waals surface area contributed by atoms with E-state index in [0.717, 1.165) is 35.3 Å². The molecule has 1 N–H and O–H groups in total. The van der Waals surface area contributed by atoms with Gasteiger partial charge in [-0.25, -0.2) is 0 Å². The summed E-state index contributed by atoms with van der Waals surface area (Å²) in [5, 5.41) is 12.5. The summed E-state index contributed by atoms with van der Waals surface area (Å²) in [6.07, 6.45) is 4.76. The van der Waals surface area contributed by atoms with Crippen LogP contribution in [0.5, 0.6) is 5.75 Å². The number of aromatic nitrogens is 3. The Morgan fingerprint density at radius 1 is 1.28 bits per heavy atom. The highest BCUT2D eigenvalue weighted by atomic mass is 32.2. The van der Waals surface area contributed by atoms with Crippen LogP contribution in [0.15, 0.2) is 23.4 Å². The van der Waals surface area contributed by atoms with Crippen molar-refractivity contribution in [2.75, 3.05) is 5.75 Å². The SMILES string of the molecule is CCn1c(COc2ccc(C)cc2C)nnc1SCC(=O)NC1CCCCC1C. The number of aryl methyl sites for hydroxylation is 2. The zero-order chi connectivity index (χ0) is 20.8. The average molecular weight is 417 g/mol. The van der Waals surface area contributed by atoms with Crippen molar-refractivity contribution in [2.45, 2.75) is 77.7 Å². The molecule has 0 aliphatic heterocycles. The van der Waals surface area contributed by atoms with E-state index in [1.54, 1.807) is 0 Å². The van der Waals surface area contributed by atoms with E-state index in [9.17, 15) is 4.79 Å². The highest BCUT2D eigenvalue weighted by Crippen LogP contribution is 2.25. The Hall–Kier alpha value is -2.02. The number of nitrogens with one attached hydrogen (secondary N) is 1. The van der Waals surface area contributed by atoms with E-state index in [2.05, 4.69) is 42.4 Å². The van der Waals surface area contributed by atoms with Crippen LogP contribution < -0.4 is 10.1 Å². The molecular formula is C22H32N4O2S. The van der Waals surface area contributed by atoms with Gasteiger partial charge in [0, 0.05) is 12.6 Å². The number of carbonyl (C=O) groups excluding carboxylic acids is 1. The van der Waals surface area contributed by atoms with Crippen molar-refractivity contribution in [1.29, 1.82) is 0 Å². The molecule has 0 bridgehead atoms. The van der Waals surface area contributed by atoms with Crippen LogP contribution in [0, 0.1) is 19.8 Å². The minimum atomic E-state index is 0.0764. The summed E-state index contributed by atoms with van der Waals surface area (Å²) in [4.78, 5) is 12.4. The number of amides is 1. The standard InChI is InChI=1S/C22H32N4O2S/c1-5-26-20(13-28-19-11-10-15(2)12-17(19)4)24-25-22(26)29-14-21(27)23-18-9-7-6-8-16(18)3/h10-12,16,18H,5-9,13-14H2,1-4H3,(H,23,27). The summed E-state index contributed by atoms with van der Waals surface area (Å²) in [6, 6.07) is 6.44. The molecule has 0 radical (unpaired) electrons. The maximum absolute atomic E-state index is 12.4. The van der Waals surface area contributed by atoms with Crippen molar-refractivity contribution < 1.29 is 9.53 Å². The van der Waals surface area contributed by atoms with Gasteiger partial charge < -0.3 is 14.6 Å². The second-order valence-electron chi connectivity index (χ2n) is 7.93. The van der Waals surface area contributed by atoms with Gasteiger partial charge in [-0.3, -0.25) is 4.79 Å². The molecule has 1 heterocycles. The first-order valence-electron chi connectivity index (χ1n) is 10.5. The zero-order valence-electron chi connectivity index (χ0n) is 17.9. The van der Waals surface area contributed by atoms with E-state index in [4.69, 9.17) is 4.74 Å². The monoisotopic (exact) mass is 416 g/mol. The van der Waals surface area contributed by atoms with Gasteiger partial charge >= 0.3 is 0 Å². The summed E-state index contributed by atoms with van der Waals surface area (Å²) in [7, 11) is 0. The first kappa shape index (κ1) is 21.7. The fourth-order valence-corrected chi connectivity index (χ4v) is 4.70. The third-order valence-electron chi connectivity index (χ3n) is 5.59. The smallest absolute Gasteiger partial charge is 0.230 e. The number of nitrogens with zero attached hydrogens (tertiary/aromatic N) is 3. The van der Waals surface area contributed by atoms with Gasteiger partial charge in [-0.1, -0.05) is 49.2 Å². The molecule has 29 heavy (non-hydrogen) atoms. The molecule has 2 aromatic rings. The van der Waals surface area contributed by atoms with Crippen molar-refractivity contribution in [3.05, 3.63) is 35.2 Å². The van der Waals surface area contributed by atoms with Gasteiger partial charge in [-0.05, 0) is 51.2 Å². The van der Waals surface area contributed by atoms with Crippen molar-refractivity contribution in [1.82, 2.24) is 20.1 Å². The Balaban J connectivity index is 1.55. The number of benzene rings is 1. The van der Waals surface area contributed by atoms with Crippen molar-refractivity contribution in [3.63, 3.8) is 0 Å². The Labute approximate surface area is 177 Å². The third kappa shape index (κ3) is 5.75. The summed E-state index contributed by atoms with van der Waals surface area (Å²) in [5.74, 6) is 2.63. The normalized spacial score (nSPS) is 19.2. The van der Waals surface area contributed by atoms with Gasteiger partial charge in [-0.2, -0.15) is 0 Å². The van der Waals surface area contributed by atoms with Gasteiger partial charge in [0.15, 0.2) is 11.0 Å². The second kappa shape index (κ2) is 10.1. The zero-order valence-corrected chi connectivity index (χ0v) is 18.7. The Kier molecular flexibility index (Phi) is 7.58. The van der Waals surface area contributed by atoms with Crippen molar-refractivity contribution >= 4 is 17.7 Å². The number of rotatable bonds is 8. The second-order valence-corrected chi connectivity index (χ2v) is 8.87. The van der Waals surface area contributed by atoms with Gasteiger partial charge in [-0.15, -0.1) is 10.2 Å². The van der Waals surface area contributed by atoms with E-state index in [0.29, 0.717) is 24.3 Å². The van der Waals surface area contributed by atoms with Crippen LogP contribution in [0.4, 0.5) is 0 Å². The quantitative estimate of drug-likeness (QED) is 0.651.